The number of ether oxygens (including phenoxy) is 1. The summed E-state index contributed by atoms with van der Waals surface area (Å²) in [6, 6.07) is 13.5. The third-order valence-electron chi connectivity index (χ3n) is 5.19. The van der Waals surface area contributed by atoms with E-state index in [-0.39, 0.29) is 6.10 Å². The summed E-state index contributed by atoms with van der Waals surface area (Å²) in [6.07, 6.45) is 1.85. The molecule has 2 aromatic rings. The maximum atomic E-state index is 13.5. The standard InChI is InChI=1S/C22H30N2O3S/c1-17-7-12-22(18(2)14-17)28(25,26)24(16-21-6-5-13-27-21)15-19-8-10-20(11-9-19)23(3)4/h7-12,14,21H,5-6,13,15-16H2,1-4H3/t21-/m1/s1. The summed E-state index contributed by atoms with van der Waals surface area (Å²) in [4.78, 5) is 2.40. The Balaban J connectivity index is 1.91. The summed E-state index contributed by atoms with van der Waals surface area (Å²) in [7, 11) is 0.361. The fraction of sp³-hybridized carbons (Fsp3) is 0.455. The fourth-order valence-electron chi connectivity index (χ4n) is 3.59. The number of hydrogen-bond acceptors (Lipinski definition) is 4. The zero-order chi connectivity index (χ0) is 20.3. The van der Waals surface area contributed by atoms with E-state index in [1.165, 1.54) is 0 Å². The lowest BCUT2D eigenvalue weighted by Gasteiger charge is -2.26. The van der Waals surface area contributed by atoms with E-state index in [2.05, 4.69) is 0 Å². The number of nitrogens with zero attached hydrogens (tertiary/aromatic N) is 2. The molecule has 28 heavy (non-hydrogen) atoms. The molecule has 2 aromatic carbocycles. The molecule has 1 fully saturated rings. The minimum Gasteiger partial charge on any atom is -0.378 e. The Labute approximate surface area is 169 Å². The second-order valence-corrected chi connectivity index (χ2v) is 9.67. The monoisotopic (exact) mass is 402 g/mol. The highest BCUT2D eigenvalue weighted by Crippen LogP contribution is 2.25. The number of benzene rings is 2. The van der Waals surface area contributed by atoms with E-state index in [1.807, 2.05) is 69.2 Å². The molecule has 0 radical (unpaired) electrons. The fourth-order valence-corrected chi connectivity index (χ4v) is 5.26. The molecule has 0 amide bonds. The van der Waals surface area contributed by atoms with Gasteiger partial charge in [-0.15, -0.1) is 0 Å². The molecule has 1 saturated heterocycles. The smallest absolute Gasteiger partial charge is 0.243 e. The van der Waals surface area contributed by atoms with E-state index in [4.69, 9.17) is 4.74 Å². The van der Waals surface area contributed by atoms with Crippen molar-refractivity contribution >= 4 is 15.7 Å². The van der Waals surface area contributed by atoms with Crippen molar-refractivity contribution in [2.75, 3.05) is 32.1 Å². The quantitative estimate of drug-likeness (QED) is 0.708. The third kappa shape index (κ3) is 4.74. The van der Waals surface area contributed by atoms with Crippen LogP contribution >= 0.6 is 0 Å². The van der Waals surface area contributed by atoms with Crippen molar-refractivity contribution in [3.05, 3.63) is 59.2 Å². The van der Waals surface area contributed by atoms with E-state index in [1.54, 1.807) is 10.4 Å². The Bertz CT molecular complexity index is 902. The van der Waals surface area contributed by atoms with E-state index in [0.717, 1.165) is 35.2 Å². The number of anilines is 1. The first-order chi connectivity index (χ1) is 13.3. The lowest BCUT2D eigenvalue weighted by atomic mass is 10.2. The predicted octanol–water partition coefficient (Wildman–Crippen LogP) is 3.74. The molecule has 0 aliphatic carbocycles. The molecule has 0 aromatic heterocycles. The Morgan fingerprint density at radius 2 is 1.79 bits per heavy atom. The summed E-state index contributed by atoms with van der Waals surface area (Å²) in [5.74, 6) is 0. The normalized spacial score (nSPS) is 17.2. The number of hydrogen-bond donors (Lipinski definition) is 0. The highest BCUT2D eigenvalue weighted by molar-refractivity contribution is 7.89. The van der Waals surface area contributed by atoms with Gasteiger partial charge in [0.05, 0.1) is 11.0 Å². The van der Waals surface area contributed by atoms with Crippen LogP contribution in [0, 0.1) is 13.8 Å². The molecule has 0 saturated carbocycles. The van der Waals surface area contributed by atoms with Crippen LogP contribution in [0.25, 0.3) is 0 Å². The Hall–Kier alpha value is -1.89. The molecule has 6 heteroatoms. The van der Waals surface area contributed by atoms with Crippen LogP contribution in [-0.4, -0.2) is 46.1 Å². The first-order valence-corrected chi connectivity index (χ1v) is 11.2. The summed E-state index contributed by atoms with van der Waals surface area (Å²) in [6.45, 7) is 5.25. The van der Waals surface area contributed by atoms with Crippen LogP contribution in [0.2, 0.25) is 0 Å². The van der Waals surface area contributed by atoms with E-state index >= 15 is 0 Å². The van der Waals surface area contributed by atoms with E-state index in [0.29, 0.717) is 24.6 Å². The van der Waals surface area contributed by atoms with Crippen molar-refractivity contribution in [3.63, 3.8) is 0 Å². The van der Waals surface area contributed by atoms with Crippen LogP contribution in [-0.2, 0) is 21.3 Å². The number of rotatable bonds is 7. The van der Waals surface area contributed by atoms with Crippen molar-refractivity contribution in [2.24, 2.45) is 0 Å². The third-order valence-corrected chi connectivity index (χ3v) is 7.16. The van der Waals surface area contributed by atoms with Gasteiger partial charge in [-0.1, -0.05) is 29.8 Å². The Morgan fingerprint density at radius 3 is 2.36 bits per heavy atom. The van der Waals surface area contributed by atoms with Crippen LogP contribution in [0.1, 0.15) is 29.5 Å². The van der Waals surface area contributed by atoms with Gasteiger partial charge in [0.25, 0.3) is 0 Å². The van der Waals surface area contributed by atoms with Gasteiger partial charge in [0.15, 0.2) is 0 Å². The number of aryl methyl sites for hydroxylation is 2. The van der Waals surface area contributed by atoms with Gasteiger partial charge in [-0.3, -0.25) is 0 Å². The largest absolute Gasteiger partial charge is 0.378 e. The number of sulfonamides is 1. The minimum absolute atomic E-state index is 0.0402. The van der Waals surface area contributed by atoms with Crippen molar-refractivity contribution in [3.8, 4) is 0 Å². The van der Waals surface area contributed by atoms with Gasteiger partial charge in [0.1, 0.15) is 0 Å². The topological polar surface area (TPSA) is 49.9 Å². The summed E-state index contributed by atoms with van der Waals surface area (Å²) in [5.41, 5.74) is 3.89. The molecule has 0 unspecified atom stereocenters. The van der Waals surface area contributed by atoms with Crippen LogP contribution in [0.4, 0.5) is 5.69 Å². The molecular weight excluding hydrogens is 372 g/mol. The average molecular weight is 403 g/mol. The van der Waals surface area contributed by atoms with Gasteiger partial charge < -0.3 is 9.64 Å². The first kappa shape index (κ1) is 20.8. The molecule has 0 N–H and O–H groups in total. The Morgan fingerprint density at radius 1 is 1.07 bits per heavy atom. The van der Waals surface area contributed by atoms with Crippen LogP contribution < -0.4 is 4.90 Å². The van der Waals surface area contributed by atoms with Gasteiger partial charge in [-0.25, -0.2) is 8.42 Å². The minimum atomic E-state index is -3.62. The molecule has 1 aliphatic rings. The average Bonchev–Trinajstić information content (AvgIpc) is 3.14. The van der Waals surface area contributed by atoms with Crippen LogP contribution in [0.15, 0.2) is 47.4 Å². The lowest BCUT2D eigenvalue weighted by molar-refractivity contribution is 0.0926. The zero-order valence-corrected chi connectivity index (χ0v) is 18.0. The van der Waals surface area contributed by atoms with E-state index in [9.17, 15) is 8.42 Å². The van der Waals surface area contributed by atoms with Gasteiger partial charge in [-0.05, 0) is 56.0 Å². The molecule has 5 nitrogen and oxygen atoms in total. The van der Waals surface area contributed by atoms with Crippen molar-refractivity contribution < 1.29 is 13.2 Å². The molecule has 1 aliphatic heterocycles. The highest BCUT2D eigenvalue weighted by atomic mass is 32.2. The molecule has 152 valence electrons. The maximum absolute atomic E-state index is 13.5. The van der Waals surface area contributed by atoms with Crippen LogP contribution in [0.5, 0.6) is 0 Å². The molecular formula is C22H30N2O3S. The lowest BCUT2D eigenvalue weighted by Crippen LogP contribution is -2.37. The first-order valence-electron chi connectivity index (χ1n) is 9.72. The second-order valence-electron chi connectivity index (χ2n) is 7.76. The maximum Gasteiger partial charge on any atom is 0.243 e. The van der Waals surface area contributed by atoms with Crippen molar-refractivity contribution in [2.45, 2.75) is 44.2 Å². The predicted molar refractivity (Wildman–Crippen MR) is 113 cm³/mol. The molecule has 1 heterocycles. The van der Waals surface area contributed by atoms with E-state index < -0.39 is 10.0 Å². The van der Waals surface area contributed by atoms with Gasteiger partial charge in [-0.2, -0.15) is 4.31 Å². The molecule has 1 atom stereocenters. The van der Waals surface area contributed by atoms with Crippen molar-refractivity contribution in [1.29, 1.82) is 0 Å². The molecule has 0 spiro atoms. The summed E-state index contributed by atoms with van der Waals surface area (Å²) >= 11 is 0. The summed E-state index contributed by atoms with van der Waals surface area (Å²) < 4.78 is 34.3. The second kappa shape index (κ2) is 8.64. The Kier molecular flexibility index (Phi) is 6.43. The molecule has 0 bridgehead atoms. The van der Waals surface area contributed by atoms with Crippen molar-refractivity contribution in [1.82, 2.24) is 4.31 Å². The zero-order valence-electron chi connectivity index (χ0n) is 17.2. The van der Waals surface area contributed by atoms with Crippen LogP contribution in [0.3, 0.4) is 0 Å². The van der Waals surface area contributed by atoms with Gasteiger partial charge >= 0.3 is 0 Å². The summed E-state index contributed by atoms with van der Waals surface area (Å²) in [5, 5.41) is 0. The van der Waals surface area contributed by atoms with Gasteiger partial charge in [0, 0.05) is 39.5 Å². The SMILES string of the molecule is Cc1ccc(S(=O)(=O)N(Cc2ccc(N(C)C)cc2)C[C@H]2CCCO2)c(C)c1. The molecule has 3 rings (SSSR count). The van der Waals surface area contributed by atoms with Gasteiger partial charge in [0.2, 0.25) is 10.0 Å². The highest BCUT2D eigenvalue weighted by Gasteiger charge is 2.30.